The summed E-state index contributed by atoms with van der Waals surface area (Å²) in [6.45, 7) is -0.794. The number of carboxylic acid groups (broad SMARTS) is 1. The predicted octanol–water partition coefficient (Wildman–Crippen LogP) is -0.102. The van der Waals surface area contributed by atoms with Crippen LogP contribution in [0.3, 0.4) is 0 Å². The van der Waals surface area contributed by atoms with E-state index in [9.17, 15) is 13.2 Å². The Balaban J connectivity index is 3.28. The number of benzene rings is 1. The Morgan fingerprint density at radius 2 is 1.88 bits per heavy atom. The molecule has 0 heterocycles. The maximum atomic E-state index is 11.6. The maximum absolute atomic E-state index is 11.6. The summed E-state index contributed by atoms with van der Waals surface area (Å²) in [5.41, 5.74) is 0.205. The molecule has 17 heavy (non-hydrogen) atoms. The molecule has 1 unspecified atom stereocenters. The SMILES string of the molecule is CS(=O)(=O)N(c1ccccc1)C(CO)C(=O)O. The van der Waals surface area contributed by atoms with Gasteiger partial charge in [0, 0.05) is 0 Å². The van der Waals surface area contributed by atoms with Gasteiger partial charge in [-0.25, -0.2) is 13.2 Å². The lowest BCUT2D eigenvalue weighted by atomic mass is 10.2. The van der Waals surface area contributed by atoms with Gasteiger partial charge in [-0.2, -0.15) is 0 Å². The third kappa shape index (κ3) is 3.18. The van der Waals surface area contributed by atoms with Crippen LogP contribution in [-0.2, 0) is 14.8 Å². The molecule has 0 radical (unpaired) electrons. The Labute approximate surface area is 99.2 Å². The van der Waals surface area contributed by atoms with Crippen molar-refractivity contribution < 1.29 is 23.4 Å². The molecule has 0 fully saturated rings. The molecule has 0 spiro atoms. The molecule has 0 aliphatic rings. The van der Waals surface area contributed by atoms with Crippen LogP contribution in [0.2, 0.25) is 0 Å². The van der Waals surface area contributed by atoms with Crippen LogP contribution in [0.4, 0.5) is 5.69 Å². The van der Waals surface area contributed by atoms with E-state index in [2.05, 4.69) is 0 Å². The first-order chi connectivity index (χ1) is 7.88. The molecule has 0 saturated carbocycles. The number of rotatable bonds is 5. The highest BCUT2D eigenvalue weighted by Gasteiger charge is 2.31. The Hall–Kier alpha value is -1.60. The van der Waals surface area contributed by atoms with Gasteiger partial charge in [-0.05, 0) is 12.1 Å². The van der Waals surface area contributed by atoms with E-state index in [1.165, 1.54) is 12.1 Å². The van der Waals surface area contributed by atoms with Crippen molar-refractivity contribution in [1.82, 2.24) is 0 Å². The van der Waals surface area contributed by atoms with Gasteiger partial charge in [-0.15, -0.1) is 0 Å². The van der Waals surface area contributed by atoms with E-state index in [1.54, 1.807) is 18.2 Å². The van der Waals surface area contributed by atoms with Crippen molar-refractivity contribution >= 4 is 21.7 Å². The van der Waals surface area contributed by atoms with Crippen LogP contribution in [0.15, 0.2) is 30.3 Å². The first kappa shape index (κ1) is 13.5. The molecule has 1 rings (SSSR count). The second kappa shape index (κ2) is 5.15. The van der Waals surface area contributed by atoms with Crippen LogP contribution in [0.25, 0.3) is 0 Å². The lowest BCUT2D eigenvalue weighted by molar-refractivity contribution is -0.139. The third-order valence-electron chi connectivity index (χ3n) is 2.11. The Kier molecular flexibility index (Phi) is 4.08. The second-order valence-electron chi connectivity index (χ2n) is 3.43. The first-order valence-corrected chi connectivity index (χ1v) is 6.61. The fourth-order valence-electron chi connectivity index (χ4n) is 1.43. The van der Waals surface area contributed by atoms with Crippen molar-refractivity contribution in [2.45, 2.75) is 6.04 Å². The molecule has 2 N–H and O–H groups in total. The van der Waals surface area contributed by atoms with Gasteiger partial charge in [0.15, 0.2) is 6.04 Å². The minimum atomic E-state index is -3.78. The Morgan fingerprint density at radius 3 is 2.24 bits per heavy atom. The molecule has 0 amide bonds. The lowest BCUT2D eigenvalue weighted by Crippen LogP contribution is -2.47. The quantitative estimate of drug-likeness (QED) is 0.769. The molecule has 0 aliphatic carbocycles. The standard InChI is InChI=1S/C10H13NO5S/c1-17(15,16)11(9(7-12)10(13)14)8-5-3-2-4-6-8/h2-6,9,12H,7H2,1H3,(H,13,14). The van der Waals surface area contributed by atoms with E-state index in [0.717, 1.165) is 6.26 Å². The van der Waals surface area contributed by atoms with Crippen LogP contribution >= 0.6 is 0 Å². The van der Waals surface area contributed by atoms with Gasteiger partial charge in [-0.3, -0.25) is 4.31 Å². The molecule has 6 nitrogen and oxygen atoms in total. The summed E-state index contributed by atoms with van der Waals surface area (Å²) in [6.07, 6.45) is 0.894. The molecule has 7 heteroatoms. The summed E-state index contributed by atoms with van der Waals surface area (Å²) in [4.78, 5) is 10.9. The molecule has 0 saturated heterocycles. The number of para-hydroxylation sites is 1. The topological polar surface area (TPSA) is 94.9 Å². The molecule has 1 atom stereocenters. The summed E-state index contributed by atoms with van der Waals surface area (Å²) in [5, 5.41) is 17.9. The fraction of sp³-hybridized carbons (Fsp3) is 0.300. The van der Waals surface area contributed by atoms with Crippen LogP contribution < -0.4 is 4.31 Å². The summed E-state index contributed by atoms with van der Waals surface area (Å²) >= 11 is 0. The Morgan fingerprint density at radius 1 is 1.35 bits per heavy atom. The smallest absolute Gasteiger partial charge is 0.329 e. The number of hydrogen-bond acceptors (Lipinski definition) is 4. The third-order valence-corrected chi connectivity index (χ3v) is 3.29. The van der Waals surface area contributed by atoms with Crippen molar-refractivity contribution in [2.24, 2.45) is 0 Å². The number of carboxylic acids is 1. The number of aliphatic hydroxyl groups excluding tert-OH is 1. The summed E-state index contributed by atoms with van der Waals surface area (Å²) in [6, 6.07) is 6.26. The van der Waals surface area contributed by atoms with Crippen LogP contribution in [0, 0.1) is 0 Å². The van der Waals surface area contributed by atoms with Crippen molar-refractivity contribution in [2.75, 3.05) is 17.2 Å². The highest BCUT2D eigenvalue weighted by atomic mass is 32.2. The second-order valence-corrected chi connectivity index (χ2v) is 5.29. The highest BCUT2D eigenvalue weighted by molar-refractivity contribution is 7.92. The van der Waals surface area contributed by atoms with E-state index in [0.29, 0.717) is 4.31 Å². The van der Waals surface area contributed by atoms with Crippen molar-refractivity contribution in [3.8, 4) is 0 Å². The first-order valence-electron chi connectivity index (χ1n) is 4.76. The van der Waals surface area contributed by atoms with E-state index in [-0.39, 0.29) is 5.69 Å². The zero-order chi connectivity index (χ0) is 13.1. The maximum Gasteiger partial charge on any atom is 0.329 e. The van der Waals surface area contributed by atoms with Crippen molar-refractivity contribution in [3.05, 3.63) is 30.3 Å². The fourth-order valence-corrected chi connectivity index (χ4v) is 2.55. The number of carbonyl (C=O) groups is 1. The van der Waals surface area contributed by atoms with Gasteiger partial charge in [0.2, 0.25) is 10.0 Å². The van der Waals surface area contributed by atoms with Gasteiger partial charge in [-0.1, -0.05) is 18.2 Å². The average Bonchev–Trinajstić information content (AvgIpc) is 2.24. The largest absolute Gasteiger partial charge is 0.480 e. The molecule has 94 valence electrons. The van der Waals surface area contributed by atoms with Gasteiger partial charge in [0.25, 0.3) is 0 Å². The van der Waals surface area contributed by atoms with Crippen molar-refractivity contribution in [3.63, 3.8) is 0 Å². The predicted molar refractivity (Wildman–Crippen MR) is 62.3 cm³/mol. The van der Waals surface area contributed by atoms with Crippen LogP contribution in [0.1, 0.15) is 0 Å². The van der Waals surface area contributed by atoms with E-state index < -0.39 is 28.6 Å². The number of hydrogen-bond donors (Lipinski definition) is 2. The molecule has 0 aliphatic heterocycles. The number of aliphatic carboxylic acids is 1. The zero-order valence-electron chi connectivity index (χ0n) is 9.15. The van der Waals surface area contributed by atoms with E-state index >= 15 is 0 Å². The molecule has 1 aromatic rings. The van der Waals surface area contributed by atoms with Crippen LogP contribution in [0.5, 0.6) is 0 Å². The number of anilines is 1. The summed E-state index contributed by atoms with van der Waals surface area (Å²) in [7, 11) is -3.78. The minimum absolute atomic E-state index is 0.205. The van der Waals surface area contributed by atoms with Gasteiger partial charge < -0.3 is 10.2 Å². The summed E-state index contributed by atoms with van der Waals surface area (Å²) in [5.74, 6) is -1.40. The number of aliphatic hydroxyl groups is 1. The monoisotopic (exact) mass is 259 g/mol. The molecular formula is C10H13NO5S. The Bertz CT molecular complexity index is 485. The number of nitrogens with zero attached hydrogens (tertiary/aromatic N) is 1. The van der Waals surface area contributed by atoms with E-state index in [1.807, 2.05) is 0 Å². The van der Waals surface area contributed by atoms with Gasteiger partial charge in [0.1, 0.15) is 0 Å². The molecular weight excluding hydrogens is 246 g/mol. The highest BCUT2D eigenvalue weighted by Crippen LogP contribution is 2.20. The minimum Gasteiger partial charge on any atom is -0.480 e. The molecule has 1 aromatic carbocycles. The average molecular weight is 259 g/mol. The summed E-state index contributed by atoms with van der Waals surface area (Å²) < 4.78 is 23.9. The van der Waals surface area contributed by atoms with Crippen molar-refractivity contribution in [1.29, 1.82) is 0 Å². The van der Waals surface area contributed by atoms with Gasteiger partial charge in [0.05, 0.1) is 18.6 Å². The molecule has 0 aromatic heterocycles. The zero-order valence-corrected chi connectivity index (χ0v) is 9.96. The van der Waals surface area contributed by atoms with Crippen LogP contribution in [-0.4, -0.2) is 43.5 Å². The van der Waals surface area contributed by atoms with E-state index in [4.69, 9.17) is 10.2 Å². The number of sulfonamides is 1. The van der Waals surface area contributed by atoms with Gasteiger partial charge >= 0.3 is 5.97 Å². The lowest BCUT2D eigenvalue weighted by Gasteiger charge is -2.27. The molecule has 0 bridgehead atoms. The normalized spacial score (nSPS) is 13.1.